The number of ether oxygens (including phenoxy) is 1. The summed E-state index contributed by atoms with van der Waals surface area (Å²) in [6.45, 7) is 7.54. The van der Waals surface area contributed by atoms with Gasteiger partial charge in [0.05, 0.1) is 13.2 Å². The number of hydrogen-bond donors (Lipinski definition) is 2. The average Bonchev–Trinajstić information content (AvgIpc) is 2.36. The molecule has 0 aromatic carbocycles. The zero-order valence-corrected chi connectivity index (χ0v) is 11.5. The summed E-state index contributed by atoms with van der Waals surface area (Å²) in [4.78, 5) is 13.9. The number of hydrogen-bond acceptors (Lipinski definition) is 4. The van der Waals surface area contributed by atoms with Crippen molar-refractivity contribution < 1.29 is 9.53 Å². The first-order chi connectivity index (χ1) is 8.72. The molecule has 0 aromatic rings. The first-order valence-corrected chi connectivity index (χ1v) is 7.04. The van der Waals surface area contributed by atoms with Crippen LogP contribution in [0.3, 0.4) is 0 Å². The second-order valence-corrected chi connectivity index (χ2v) is 4.91. The minimum Gasteiger partial charge on any atom is -0.379 e. The number of nitrogens with two attached hydrogens (primary N) is 1. The van der Waals surface area contributed by atoms with Gasteiger partial charge in [0.2, 0.25) is 5.91 Å². The van der Waals surface area contributed by atoms with E-state index in [4.69, 9.17) is 10.5 Å². The van der Waals surface area contributed by atoms with E-state index in [1.165, 1.54) is 0 Å². The van der Waals surface area contributed by atoms with Gasteiger partial charge in [0.1, 0.15) is 0 Å². The Morgan fingerprint density at radius 1 is 1.44 bits per heavy atom. The third-order valence-corrected chi connectivity index (χ3v) is 3.18. The molecular formula is C13H27N3O2. The second-order valence-electron chi connectivity index (χ2n) is 4.91. The predicted molar refractivity (Wildman–Crippen MR) is 72.4 cm³/mol. The molecule has 18 heavy (non-hydrogen) atoms. The Balaban J connectivity index is 1.97. The van der Waals surface area contributed by atoms with Crippen molar-refractivity contribution in [3.05, 3.63) is 0 Å². The van der Waals surface area contributed by atoms with Crippen molar-refractivity contribution in [1.82, 2.24) is 10.2 Å². The molecule has 5 heteroatoms. The summed E-state index contributed by atoms with van der Waals surface area (Å²) >= 11 is 0. The molecule has 0 saturated carbocycles. The highest BCUT2D eigenvalue weighted by Crippen LogP contribution is 1.99. The Labute approximate surface area is 110 Å². The van der Waals surface area contributed by atoms with Crippen molar-refractivity contribution >= 4 is 5.91 Å². The zero-order valence-electron chi connectivity index (χ0n) is 11.5. The molecule has 1 aliphatic rings. The van der Waals surface area contributed by atoms with E-state index in [0.29, 0.717) is 6.42 Å². The topological polar surface area (TPSA) is 67.6 Å². The molecule has 106 valence electrons. The van der Waals surface area contributed by atoms with Gasteiger partial charge < -0.3 is 15.8 Å². The summed E-state index contributed by atoms with van der Waals surface area (Å²) in [5, 5.41) is 2.93. The van der Waals surface area contributed by atoms with Crippen LogP contribution in [0, 0.1) is 0 Å². The number of rotatable bonds is 8. The summed E-state index contributed by atoms with van der Waals surface area (Å²) in [6.07, 6.45) is 3.40. The van der Waals surface area contributed by atoms with Gasteiger partial charge in [-0.05, 0) is 19.4 Å². The van der Waals surface area contributed by atoms with Crippen LogP contribution in [0.25, 0.3) is 0 Å². The molecule has 1 unspecified atom stereocenters. The zero-order chi connectivity index (χ0) is 13.2. The lowest BCUT2D eigenvalue weighted by Crippen LogP contribution is -2.38. The van der Waals surface area contributed by atoms with Crippen LogP contribution < -0.4 is 11.1 Å². The van der Waals surface area contributed by atoms with Gasteiger partial charge in [-0.3, -0.25) is 9.69 Å². The molecule has 1 atom stereocenters. The number of nitrogens with one attached hydrogen (secondary N) is 1. The fraction of sp³-hybridized carbons (Fsp3) is 0.923. The van der Waals surface area contributed by atoms with Gasteiger partial charge in [-0.25, -0.2) is 0 Å². The van der Waals surface area contributed by atoms with Crippen LogP contribution in [-0.2, 0) is 9.53 Å². The molecule has 0 bridgehead atoms. The minimum absolute atomic E-state index is 0.00856. The lowest BCUT2D eigenvalue weighted by atomic mass is 10.1. The van der Waals surface area contributed by atoms with Gasteiger partial charge in [0.15, 0.2) is 0 Å². The summed E-state index contributed by atoms with van der Waals surface area (Å²) in [7, 11) is 0. The Morgan fingerprint density at radius 3 is 2.83 bits per heavy atom. The molecule has 1 rings (SSSR count). The Hall–Kier alpha value is -0.650. The van der Waals surface area contributed by atoms with Gasteiger partial charge in [0, 0.05) is 32.1 Å². The largest absolute Gasteiger partial charge is 0.379 e. The monoisotopic (exact) mass is 257 g/mol. The molecule has 1 aliphatic heterocycles. The second kappa shape index (κ2) is 9.30. The predicted octanol–water partition coefficient (Wildman–Crippen LogP) is 0.342. The molecule has 1 amide bonds. The lowest BCUT2D eigenvalue weighted by Gasteiger charge is -2.26. The number of carbonyl (C=O) groups is 1. The third-order valence-electron chi connectivity index (χ3n) is 3.18. The minimum atomic E-state index is 0.00856. The number of amides is 1. The molecule has 5 nitrogen and oxygen atoms in total. The Kier molecular flexibility index (Phi) is 7.96. The van der Waals surface area contributed by atoms with E-state index in [-0.39, 0.29) is 11.9 Å². The molecular weight excluding hydrogens is 230 g/mol. The van der Waals surface area contributed by atoms with E-state index < -0.39 is 0 Å². The maximum Gasteiger partial charge on any atom is 0.221 e. The third kappa shape index (κ3) is 6.93. The Morgan fingerprint density at radius 2 is 2.17 bits per heavy atom. The molecule has 0 radical (unpaired) electrons. The Bertz CT molecular complexity index is 230. The average molecular weight is 257 g/mol. The molecule has 0 aliphatic carbocycles. The highest BCUT2D eigenvalue weighted by molar-refractivity contribution is 5.76. The first-order valence-electron chi connectivity index (χ1n) is 7.04. The number of morpholine rings is 1. The van der Waals surface area contributed by atoms with Gasteiger partial charge >= 0.3 is 0 Å². The highest BCUT2D eigenvalue weighted by Gasteiger charge is 2.10. The summed E-state index contributed by atoms with van der Waals surface area (Å²) in [5.74, 6) is 0.0814. The molecule has 0 aromatic heterocycles. The van der Waals surface area contributed by atoms with Crippen molar-refractivity contribution in [2.24, 2.45) is 5.73 Å². The van der Waals surface area contributed by atoms with Crippen LogP contribution in [0.4, 0.5) is 0 Å². The van der Waals surface area contributed by atoms with Crippen LogP contribution in [0.1, 0.15) is 32.6 Å². The van der Waals surface area contributed by atoms with E-state index in [1.54, 1.807) is 0 Å². The highest BCUT2D eigenvalue weighted by atomic mass is 16.5. The van der Waals surface area contributed by atoms with E-state index in [9.17, 15) is 4.79 Å². The van der Waals surface area contributed by atoms with Crippen molar-refractivity contribution in [2.45, 2.75) is 38.6 Å². The fourth-order valence-electron chi connectivity index (χ4n) is 2.14. The maximum atomic E-state index is 11.6. The van der Waals surface area contributed by atoms with E-state index >= 15 is 0 Å². The SMILES string of the molecule is CCCC(N)CC(=O)NCCCN1CCOCC1. The maximum absolute atomic E-state index is 11.6. The fourth-order valence-corrected chi connectivity index (χ4v) is 2.14. The van der Waals surface area contributed by atoms with Crippen LogP contribution in [-0.4, -0.2) is 56.2 Å². The molecule has 0 spiro atoms. The summed E-state index contributed by atoms with van der Waals surface area (Å²) in [5.41, 5.74) is 5.82. The van der Waals surface area contributed by atoms with Crippen LogP contribution in [0.15, 0.2) is 0 Å². The quantitative estimate of drug-likeness (QED) is 0.615. The van der Waals surface area contributed by atoms with Crippen molar-refractivity contribution in [1.29, 1.82) is 0 Å². The van der Waals surface area contributed by atoms with E-state index in [0.717, 1.165) is 58.7 Å². The molecule has 1 saturated heterocycles. The summed E-state index contributed by atoms with van der Waals surface area (Å²) in [6, 6.07) is 0.00856. The smallest absolute Gasteiger partial charge is 0.221 e. The standard InChI is InChI=1S/C13H27N3O2/c1-2-4-12(14)11-13(17)15-5-3-6-16-7-9-18-10-8-16/h12H,2-11,14H2,1H3,(H,15,17). The molecule has 3 N–H and O–H groups in total. The lowest BCUT2D eigenvalue weighted by molar-refractivity contribution is -0.121. The van der Waals surface area contributed by atoms with Crippen molar-refractivity contribution in [3.8, 4) is 0 Å². The van der Waals surface area contributed by atoms with Gasteiger partial charge in [-0.1, -0.05) is 13.3 Å². The first kappa shape index (κ1) is 15.4. The van der Waals surface area contributed by atoms with Crippen molar-refractivity contribution in [2.75, 3.05) is 39.4 Å². The van der Waals surface area contributed by atoms with Gasteiger partial charge in [0.25, 0.3) is 0 Å². The van der Waals surface area contributed by atoms with Gasteiger partial charge in [-0.2, -0.15) is 0 Å². The molecule has 1 heterocycles. The van der Waals surface area contributed by atoms with E-state index in [1.807, 2.05) is 0 Å². The van der Waals surface area contributed by atoms with Crippen LogP contribution in [0.5, 0.6) is 0 Å². The number of nitrogens with zero attached hydrogens (tertiary/aromatic N) is 1. The number of carbonyl (C=O) groups excluding carboxylic acids is 1. The van der Waals surface area contributed by atoms with Gasteiger partial charge in [-0.15, -0.1) is 0 Å². The summed E-state index contributed by atoms with van der Waals surface area (Å²) < 4.78 is 5.29. The van der Waals surface area contributed by atoms with E-state index in [2.05, 4.69) is 17.1 Å². The van der Waals surface area contributed by atoms with Crippen molar-refractivity contribution in [3.63, 3.8) is 0 Å². The van der Waals surface area contributed by atoms with Crippen LogP contribution in [0.2, 0.25) is 0 Å². The normalized spacial score (nSPS) is 18.6. The van der Waals surface area contributed by atoms with Crippen LogP contribution >= 0.6 is 0 Å². The molecule has 1 fully saturated rings.